The van der Waals surface area contributed by atoms with E-state index in [4.69, 9.17) is 0 Å². The van der Waals surface area contributed by atoms with E-state index in [9.17, 15) is 19.1 Å². The lowest BCUT2D eigenvalue weighted by Crippen LogP contribution is -2.36. The van der Waals surface area contributed by atoms with Crippen LogP contribution in [0.2, 0.25) is 0 Å². The Balaban J connectivity index is 2.23. The van der Waals surface area contributed by atoms with E-state index in [0.29, 0.717) is 18.5 Å². The highest BCUT2D eigenvalue weighted by atomic mass is 19.1. The number of anilines is 1. The number of hydrogen-bond acceptors (Lipinski definition) is 2. The monoisotopic (exact) mass is 305 g/mol. The first-order valence-corrected chi connectivity index (χ1v) is 7.24. The second kappa shape index (κ2) is 6.30. The molecule has 1 aromatic rings. The number of aryl methyl sites for hydroxylation is 1. The summed E-state index contributed by atoms with van der Waals surface area (Å²) in [4.78, 5) is 23.9. The highest BCUT2D eigenvalue weighted by molar-refractivity contribution is 5.96. The van der Waals surface area contributed by atoms with Crippen molar-refractivity contribution in [1.29, 1.82) is 0 Å². The minimum absolute atomic E-state index is 0.368. The van der Waals surface area contributed by atoms with Crippen molar-refractivity contribution in [3.63, 3.8) is 0 Å². The van der Waals surface area contributed by atoms with Crippen LogP contribution in [0.5, 0.6) is 0 Å². The Labute approximate surface area is 129 Å². The van der Waals surface area contributed by atoms with Crippen LogP contribution < -0.4 is 5.32 Å². The van der Waals surface area contributed by atoms with Crippen LogP contribution in [0, 0.1) is 24.6 Å². The molecule has 1 aromatic carbocycles. The number of amides is 1. The van der Waals surface area contributed by atoms with Gasteiger partial charge in [-0.25, -0.2) is 4.39 Å². The zero-order chi connectivity index (χ0) is 16.4. The number of halogens is 1. The minimum Gasteiger partial charge on any atom is -0.481 e. The quantitative estimate of drug-likeness (QED) is 0.840. The van der Waals surface area contributed by atoms with Gasteiger partial charge in [0.05, 0.1) is 11.8 Å². The Kier molecular flexibility index (Phi) is 4.64. The number of aliphatic carboxylic acids is 1. The van der Waals surface area contributed by atoms with Crippen LogP contribution in [0.3, 0.4) is 0 Å². The van der Waals surface area contributed by atoms with Gasteiger partial charge in [0.2, 0.25) is 5.91 Å². The summed E-state index contributed by atoms with van der Waals surface area (Å²) in [6, 6.07) is 4.15. The summed E-state index contributed by atoms with van der Waals surface area (Å²) in [5.74, 6) is -3.15. The molecule has 0 aromatic heterocycles. The molecule has 2 rings (SSSR count). The van der Waals surface area contributed by atoms with E-state index >= 15 is 0 Å². The van der Waals surface area contributed by atoms with E-state index in [0.717, 1.165) is 16.7 Å². The number of benzene rings is 1. The van der Waals surface area contributed by atoms with Crippen molar-refractivity contribution in [2.75, 3.05) is 5.32 Å². The third kappa shape index (κ3) is 3.35. The van der Waals surface area contributed by atoms with Gasteiger partial charge < -0.3 is 10.4 Å². The lowest BCUT2D eigenvalue weighted by Gasteiger charge is -2.29. The standard InChI is InChI=1S/C17H20FNO3/c1-9-4-5-12(18)8-15(9)19-16(20)13-6-10(2)11(3)7-14(13)17(21)22/h4-5,8,13-14H,6-7H2,1-3H3,(H,19,20)(H,21,22)/t13-,14-/m1/s1. The molecule has 0 aliphatic heterocycles. The van der Waals surface area contributed by atoms with E-state index in [1.54, 1.807) is 13.0 Å². The molecule has 0 radical (unpaired) electrons. The number of rotatable bonds is 3. The molecule has 0 fully saturated rings. The van der Waals surface area contributed by atoms with Crippen LogP contribution in [0.25, 0.3) is 0 Å². The molecule has 0 bridgehead atoms. The van der Waals surface area contributed by atoms with Crippen LogP contribution in [-0.4, -0.2) is 17.0 Å². The fourth-order valence-electron chi connectivity index (χ4n) is 2.78. The van der Waals surface area contributed by atoms with Gasteiger partial charge in [0.1, 0.15) is 5.82 Å². The summed E-state index contributed by atoms with van der Waals surface area (Å²) in [5, 5.41) is 12.0. The molecule has 2 N–H and O–H groups in total. The van der Waals surface area contributed by atoms with E-state index in [-0.39, 0.29) is 5.91 Å². The fraction of sp³-hybridized carbons (Fsp3) is 0.412. The average Bonchev–Trinajstić information content (AvgIpc) is 2.45. The Bertz CT molecular complexity index is 651. The van der Waals surface area contributed by atoms with E-state index in [1.165, 1.54) is 12.1 Å². The highest BCUT2D eigenvalue weighted by Gasteiger charge is 2.37. The van der Waals surface area contributed by atoms with Crippen LogP contribution in [0.4, 0.5) is 10.1 Å². The van der Waals surface area contributed by atoms with Crippen LogP contribution in [0.15, 0.2) is 29.3 Å². The molecule has 1 amide bonds. The van der Waals surface area contributed by atoms with Crippen molar-refractivity contribution < 1.29 is 19.1 Å². The zero-order valence-corrected chi connectivity index (χ0v) is 12.9. The molecular formula is C17H20FNO3. The van der Waals surface area contributed by atoms with Gasteiger partial charge in [0.25, 0.3) is 0 Å². The topological polar surface area (TPSA) is 66.4 Å². The van der Waals surface area contributed by atoms with Gasteiger partial charge in [-0.15, -0.1) is 0 Å². The van der Waals surface area contributed by atoms with Gasteiger partial charge in [0, 0.05) is 5.69 Å². The zero-order valence-electron chi connectivity index (χ0n) is 12.9. The number of carbonyl (C=O) groups is 2. The lowest BCUT2D eigenvalue weighted by atomic mass is 9.76. The van der Waals surface area contributed by atoms with E-state index in [2.05, 4.69) is 5.32 Å². The van der Waals surface area contributed by atoms with Crippen LogP contribution in [0.1, 0.15) is 32.3 Å². The molecular weight excluding hydrogens is 285 g/mol. The van der Waals surface area contributed by atoms with E-state index < -0.39 is 23.6 Å². The maximum absolute atomic E-state index is 13.3. The van der Waals surface area contributed by atoms with Gasteiger partial charge in [-0.05, 0) is 51.3 Å². The predicted octanol–water partition coefficient (Wildman–Crippen LogP) is 3.52. The molecule has 5 heteroatoms. The van der Waals surface area contributed by atoms with E-state index in [1.807, 2.05) is 13.8 Å². The minimum atomic E-state index is -0.969. The maximum Gasteiger partial charge on any atom is 0.307 e. The second-order valence-electron chi connectivity index (χ2n) is 5.97. The summed E-state index contributed by atoms with van der Waals surface area (Å²) in [7, 11) is 0. The number of hydrogen-bond donors (Lipinski definition) is 2. The smallest absolute Gasteiger partial charge is 0.307 e. The van der Waals surface area contributed by atoms with Crippen molar-refractivity contribution >= 4 is 17.6 Å². The van der Waals surface area contributed by atoms with Crippen LogP contribution in [-0.2, 0) is 9.59 Å². The Morgan fingerprint density at radius 1 is 1.14 bits per heavy atom. The molecule has 0 saturated carbocycles. The molecule has 0 spiro atoms. The molecule has 4 nitrogen and oxygen atoms in total. The Morgan fingerprint density at radius 3 is 2.32 bits per heavy atom. The molecule has 0 saturated heterocycles. The Hall–Kier alpha value is -2.17. The molecule has 0 unspecified atom stereocenters. The first-order chi connectivity index (χ1) is 10.3. The van der Waals surface area contributed by atoms with Gasteiger partial charge >= 0.3 is 5.97 Å². The molecule has 1 aliphatic carbocycles. The van der Waals surface area contributed by atoms with Gasteiger partial charge in [-0.2, -0.15) is 0 Å². The number of allylic oxidation sites excluding steroid dienone is 2. The number of carboxylic acid groups (broad SMARTS) is 1. The maximum atomic E-state index is 13.3. The van der Waals surface area contributed by atoms with Crippen molar-refractivity contribution in [2.45, 2.75) is 33.6 Å². The average molecular weight is 305 g/mol. The summed E-state index contributed by atoms with van der Waals surface area (Å²) in [6.45, 7) is 5.58. The third-order valence-electron chi connectivity index (χ3n) is 4.38. The predicted molar refractivity (Wildman–Crippen MR) is 82.0 cm³/mol. The first-order valence-electron chi connectivity index (χ1n) is 7.24. The fourth-order valence-corrected chi connectivity index (χ4v) is 2.78. The molecule has 22 heavy (non-hydrogen) atoms. The number of nitrogens with one attached hydrogen (secondary N) is 1. The molecule has 2 atom stereocenters. The van der Waals surface area contributed by atoms with Crippen LogP contribution >= 0.6 is 0 Å². The summed E-state index contributed by atoms with van der Waals surface area (Å²) < 4.78 is 13.3. The molecule has 0 heterocycles. The summed E-state index contributed by atoms with van der Waals surface area (Å²) in [5.41, 5.74) is 3.20. The third-order valence-corrected chi connectivity index (χ3v) is 4.38. The normalized spacial score (nSPS) is 21.6. The molecule has 1 aliphatic rings. The molecule has 118 valence electrons. The van der Waals surface area contributed by atoms with Crippen molar-refractivity contribution in [2.24, 2.45) is 11.8 Å². The number of carboxylic acids is 1. The van der Waals surface area contributed by atoms with Gasteiger partial charge in [0.15, 0.2) is 0 Å². The second-order valence-corrected chi connectivity index (χ2v) is 5.97. The largest absolute Gasteiger partial charge is 0.481 e. The Morgan fingerprint density at radius 2 is 1.73 bits per heavy atom. The van der Waals surface area contributed by atoms with Crippen molar-refractivity contribution in [1.82, 2.24) is 0 Å². The SMILES string of the molecule is CC1=C(C)C[C@@H](C(=O)Nc2cc(F)ccc2C)[C@H](C(=O)O)C1. The summed E-state index contributed by atoms with van der Waals surface area (Å²) >= 11 is 0. The number of carbonyl (C=O) groups excluding carboxylic acids is 1. The van der Waals surface area contributed by atoms with Gasteiger partial charge in [-0.1, -0.05) is 17.2 Å². The first kappa shape index (κ1) is 16.2. The lowest BCUT2D eigenvalue weighted by molar-refractivity contribution is -0.146. The van der Waals surface area contributed by atoms with Crippen molar-refractivity contribution in [3.05, 3.63) is 40.7 Å². The van der Waals surface area contributed by atoms with Gasteiger partial charge in [-0.3, -0.25) is 9.59 Å². The van der Waals surface area contributed by atoms with Crippen molar-refractivity contribution in [3.8, 4) is 0 Å². The summed E-state index contributed by atoms with van der Waals surface area (Å²) in [6.07, 6.45) is 0.796. The highest BCUT2D eigenvalue weighted by Crippen LogP contribution is 2.35.